The second kappa shape index (κ2) is 11.5. The molecule has 1 N–H and O–H groups in total. The van der Waals surface area contributed by atoms with Crippen LogP contribution in [0.15, 0.2) is 54.6 Å². The van der Waals surface area contributed by atoms with Gasteiger partial charge in [-0.25, -0.2) is 4.31 Å². The number of carbonyl (C=O) groups excluding carboxylic acids is 2. The lowest BCUT2D eigenvalue weighted by Gasteiger charge is -2.34. The van der Waals surface area contributed by atoms with Crippen molar-refractivity contribution in [2.75, 3.05) is 32.1 Å². The molecular weight excluding hydrogens is 468 g/mol. The molecule has 2 rings (SSSR count). The fourth-order valence-corrected chi connectivity index (χ4v) is 4.39. The molecule has 192 valence electrons. The molecule has 0 aliphatic rings. The van der Waals surface area contributed by atoms with Crippen LogP contribution in [0, 0.1) is 0 Å². The van der Waals surface area contributed by atoms with Crippen LogP contribution in [0.1, 0.15) is 33.3 Å². The van der Waals surface area contributed by atoms with Gasteiger partial charge in [-0.1, -0.05) is 30.3 Å². The predicted molar refractivity (Wildman–Crippen MR) is 137 cm³/mol. The van der Waals surface area contributed by atoms with Crippen molar-refractivity contribution in [2.24, 2.45) is 0 Å². The molecule has 0 unspecified atom stereocenters. The Morgan fingerprint density at radius 3 is 2.20 bits per heavy atom. The molecule has 0 saturated heterocycles. The standard InChI is InChI=1S/C25H36N4O5S/c1-19(24(31)26-25(2,3)4)28(17-20-12-11-15-22(16-20)34-7)23(30)18-29(35(32,33)27(5)6)21-13-9-8-10-14-21/h8-16,19H,17-18H2,1-7H3,(H,26,31)/t19-/m0/s1. The van der Waals surface area contributed by atoms with Crippen molar-refractivity contribution < 1.29 is 22.7 Å². The van der Waals surface area contributed by atoms with E-state index in [4.69, 9.17) is 4.74 Å². The Labute approximate surface area is 208 Å². The third-order valence-corrected chi connectivity index (χ3v) is 7.04. The van der Waals surface area contributed by atoms with Crippen molar-refractivity contribution >= 4 is 27.7 Å². The minimum atomic E-state index is -3.98. The summed E-state index contributed by atoms with van der Waals surface area (Å²) in [6.45, 7) is 6.82. The zero-order valence-electron chi connectivity index (χ0n) is 21.5. The minimum Gasteiger partial charge on any atom is -0.497 e. The summed E-state index contributed by atoms with van der Waals surface area (Å²) < 4.78 is 33.6. The van der Waals surface area contributed by atoms with E-state index in [0.29, 0.717) is 11.4 Å². The smallest absolute Gasteiger partial charge is 0.304 e. The highest BCUT2D eigenvalue weighted by Gasteiger charge is 2.33. The van der Waals surface area contributed by atoms with Gasteiger partial charge in [-0.15, -0.1) is 0 Å². The molecule has 35 heavy (non-hydrogen) atoms. The number of hydrogen-bond acceptors (Lipinski definition) is 5. The van der Waals surface area contributed by atoms with E-state index in [1.165, 1.54) is 19.0 Å². The molecule has 1 atom stereocenters. The number of carbonyl (C=O) groups is 2. The van der Waals surface area contributed by atoms with Gasteiger partial charge in [-0.05, 0) is 57.5 Å². The molecule has 2 aromatic rings. The summed E-state index contributed by atoms with van der Waals surface area (Å²) in [4.78, 5) is 28.1. The van der Waals surface area contributed by atoms with Gasteiger partial charge in [0.05, 0.1) is 12.8 Å². The Bertz CT molecular complexity index is 1110. The quantitative estimate of drug-likeness (QED) is 0.536. The number of para-hydroxylation sites is 1. The highest BCUT2D eigenvalue weighted by Crippen LogP contribution is 2.21. The van der Waals surface area contributed by atoms with Gasteiger partial charge in [0.2, 0.25) is 11.8 Å². The molecule has 2 aromatic carbocycles. The molecule has 9 nitrogen and oxygen atoms in total. The van der Waals surface area contributed by atoms with Crippen LogP contribution in [0.4, 0.5) is 5.69 Å². The summed E-state index contributed by atoms with van der Waals surface area (Å²) in [5.74, 6) is -0.239. The summed E-state index contributed by atoms with van der Waals surface area (Å²) in [5.41, 5.74) is 0.595. The van der Waals surface area contributed by atoms with E-state index in [1.54, 1.807) is 62.6 Å². The molecule has 0 fully saturated rings. The van der Waals surface area contributed by atoms with Crippen molar-refractivity contribution in [2.45, 2.75) is 45.8 Å². The Balaban J connectivity index is 2.46. The molecular formula is C25H36N4O5S. The summed E-state index contributed by atoms with van der Waals surface area (Å²) in [5, 5.41) is 2.90. The number of nitrogens with one attached hydrogen (secondary N) is 1. The maximum absolute atomic E-state index is 13.7. The molecule has 0 aromatic heterocycles. The molecule has 0 aliphatic heterocycles. The van der Waals surface area contributed by atoms with Crippen molar-refractivity contribution in [1.29, 1.82) is 0 Å². The average molecular weight is 505 g/mol. The maximum Gasteiger partial charge on any atom is 0.304 e. The molecule has 0 saturated carbocycles. The molecule has 0 spiro atoms. The fraction of sp³-hybridized carbons (Fsp3) is 0.440. The van der Waals surface area contributed by atoms with Gasteiger partial charge in [0.25, 0.3) is 0 Å². The first-order chi connectivity index (χ1) is 16.3. The van der Waals surface area contributed by atoms with Crippen LogP contribution in [0.25, 0.3) is 0 Å². The summed E-state index contributed by atoms with van der Waals surface area (Å²) >= 11 is 0. The van der Waals surface area contributed by atoms with E-state index in [0.717, 1.165) is 14.2 Å². The molecule has 2 amide bonds. The van der Waals surface area contributed by atoms with E-state index in [-0.39, 0.29) is 12.5 Å². The first-order valence-corrected chi connectivity index (χ1v) is 12.7. The number of nitrogens with zero attached hydrogens (tertiary/aromatic N) is 3. The number of anilines is 1. The summed E-state index contributed by atoms with van der Waals surface area (Å²) in [6, 6.07) is 14.7. The lowest BCUT2D eigenvalue weighted by Crippen LogP contribution is -2.54. The van der Waals surface area contributed by atoms with Crippen molar-refractivity contribution in [1.82, 2.24) is 14.5 Å². The monoisotopic (exact) mass is 504 g/mol. The van der Waals surface area contributed by atoms with E-state index in [9.17, 15) is 18.0 Å². The molecule has 0 bridgehead atoms. The number of ether oxygens (including phenoxy) is 1. The third-order valence-electron chi connectivity index (χ3n) is 5.22. The number of amides is 2. The summed E-state index contributed by atoms with van der Waals surface area (Å²) in [7, 11) is 0.378. The molecule has 0 heterocycles. The van der Waals surface area contributed by atoms with E-state index >= 15 is 0 Å². The van der Waals surface area contributed by atoms with Gasteiger partial charge in [-0.3, -0.25) is 9.59 Å². The van der Waals surface area contributed by atoms with Crippen LogP contribution in [0.5, 0.6) is 5.75 Å². The number of hydrogen-bond donors (Lipinski definition) is 1. The SMILES string of the molecule is COc1cccc(CN(C(=O)CN(c2ccccc2)S(=O)(=O)N(C)C)[C@@H](C)C(=O)NC(C)(C)C)c1. The zero-order valence-corrected chi connectivity index (χ0v) is 22.3. The van der Waals surface area contributed by atoms with Crippen LogP contribution in [0.3, 0.4) is 0 Å². The normalized spacial score (nSPS) is 12.7. The Hall–Kier alpha value is -3.11. The van der Waals surface area contributed by atoms with Crippen LogP contribution < -0.4 is 14.4 Å². The van der Waals surface area contributed by atoms with Gasteiger partial charge >= 0.3 is 10.2 Å². The first-order valence-electron chi connectivity index (χ1n) is 11.3. The second-order valence-electron chi connectivity index (χ2n) is 9.42. The van der Waals surface area contributed by atoms with Gasteiger partial charge in [-0.2, -0.15) is 12.7 Å². The van der Waals surface area contributed by atoms with E-state index in [2.05, 4.69) is 5.32 Å². The molecule has 10 heteroatoms. The average Bonchev–Trinajstić information content (AvgIpc) is 2.79. The predicted octanol–water partition coefficient (Wildman–Crippen LogP) is 2.64. The third kappa shape index (κ3) is 7.69. The lowest BCUT2D eigenvalue weighted by molar-refractivity contribution is -0.140. The van der Waals surface area contributed by atoms with Crippen LogP contribution in [0.2, 0.25) is 0 Å². The van der Waals surface area contributed by atoms with Crippen molar-refractivity contribution in [3.63, 3.8) is 0 Å². The van der Waals surface area contributed by atoms with Gasteiger partial charge in [0, 0.05) is 26.2 Å². The van der Waals surface area contributed by atoms with Gasteiger partial charge in [0.15, 0.2) is 0 Å². The van der Waals surface area contributed by atoms with Crippen LogP contribution in [-0.4, -0.2) is 68.8 Å². The Morgan fingerprint density at radius 1 is 1.03 bits per heavy atom. The minimum absolute atomic E-state index is 0.0966. The van der Waals surface area contributed by atoms with E-state index in [1.807, 2.05) is 26.8 Å². The molecule has 0 radical (unpaired) electrons. The van der Waals surface area contributed by atoms with Gasteiger partial charge < -0.3 is 15.0 Å². The highest BCUT2D eigenvalue weighted by molar-refractivity contribution is 7.90. The maximum atomic E-state index is 13.7. The Morgan fingerprint density at radius 2 is 1.66 bits per heavy atom. The largest absolute Gasteiger partial charge is 0.497 e. The topological polar surface area (TPSA) is 99.3 Å². The Kier molecular flexibility index (Phi) is 9.28. The number of methoxy groups -OCH3 is 1. The number of rotatable bonds is 10. The van der Waals surface area contributed by atoms with Crippen molar-refractivity contribution in [3.8, 4) is 5.75 Å². The fourth-order valence-electron chi connectivity index (χ4n) is 3.34. The highest BCUT2D eigenvalue weighted by atomic mass is 32.2. The zero-order chi connectivity index (χ0) is 26.4. The van der Waals surface area contributed by atoms with Crippen molar-refractivity contribution in [3.05, 3.63) is 60.2 Å². The molecule has 0 aliphatic carbocycles. The second-order valence-corrected chi connectivity index (χ2v) is 11.5. The van der Waals surface area contributed by atoms with Crippen LogP contribution >= 0.6 is 0 Å². The lowest BCUT2D eigenvalue weighted by atomic mass is 10.1. The van der Waals surface area contributed by atoms with Gasteiger partial charge in [0.1, 0.15) is 18.3 Å². The van der Waals surface area contributed by atoms with Crippen LogP contribution in [-0.2, 0) is 26.3 Å². The number of benzene rings is 2. The van der Waals surface area contributed by atoms with E-state index < -0.39 is 34.2 Å². The first kappa shape index (κ1) is 28.1. The summed E-state index contributed by atoms with van der Waals surface area (Å²) in [6.07, 6.45) is 0.